The normalized spacial score (nSPS) is 19.9. The molecular formula is C10H14ClN3O4S. The smallest absolute Gasteiger partial charge is 0.270 e. The van der Waals surface area contributed by atoms with E-state index in [1.54, 1.807) is 0 Å². The lowest BCUT2D eigenvalue weighted by Gasteiger charge is -2.15. The van der Waals surface area contributed by atoms with Crippen LogP contribution in [0.1, 0.15) is 6.42 Å². The van der Waals surface area contributed by atoms with Gasteiger partial charge in [-0.2, -0.15) is 4.31 Å². The number of rotatable bonds is 3. The van der Waals surface area contributed by atoms with Crippen molar-refractivity contribution < 1.29 is 13.3 Å². The first-order chi connectivity index (χ1) is 8.41. The average molecular weight is 308 g/mol. The van der Waals surface area contributed by atoms with Gasteiger partial charge >= 0.3 is 0 Å². The van der Waals surface area contributed by atoms with Crippen LogP contribution in [-0.4, -0.2) is 36.8 Å². The second-order valence-electron chi connectivity index (χ2n) is 4.17. The first-order valence-corrected chi connectivity index (χ1v) is 6.85. The minimum atomic E-state index is -3.68. The topological polar surface area (TPSA) is 107 Å². The van der Waals surface area contributed by atoms with Crippen molar-refractivity contribution in [1.82, 2.24) is 4.31 Å². The molecule has 0 radical (unpaired) electrons. The summed E-state index contributed by atoms with van der Waals surface area (Å²) in [5.74, 6) is 0. The third kappa shape index (κ3) is 3.21. The maximum atomic E-state index is 12.2. The summed E-state index contributed by atoms with van der Waals surface area (Å²) in [5.41, 5.74) is 5.43. The number of nitrogens with zero attached hydrogens (tertiary/aromatic N) is 2. The number of benzene rings is 1. The Morgan fingerprint density at radius 1 is 1.42 bits per heavy atom. The maximum absolute atomic E-state index is 12.2. The molecule has 1 saturated heterocycles. The van der Waals surface area contributed by atoms with Gasteiger partial charge in [0.15, 0.2) is 0 Å². The van der Waals surface area contributed by atoms with Gasteiger partial charge in [-0.3, -0.25) is 10.1 Å². The summed E-state index contributed by atoms with van der Waals surface area (Å²) in [7, 11) is -3.68. The van der Waals surface area contributed by atoms with Crippen LogP contribution in [0.15, 0.2) is 29.2 Å². The molecule has 0 amide bonds. The first-order valence-electron chi connectivity index (χ1n) is 5.41. The first kappa shape index (κ1) is 15.8. The lowest BCUT2D eigenvalue weighted by atomic mass is 10.3. The van der Waals surface area contributed by atoms with E-state index in [0.29, 0.717) is 13.0 Å². The zero-order valence-corrected chi connectivity index (χ0v) is 11.6. The Balaban J connectivity index is 0.00000180. The van der Waals surface area contributed by atoms with Crippen molar-refractivity contribution in [2.75, 3.05) is 13.1 Å². The Morgan fingerprint density at radius 3 is 2.63 bits per heavy atom. The van der Waals surface area contributed by atoms with Gasteiger partial charge in [0.1, 0.15) is 0 Å². The van der Waals surface area contributed by atoms with Crippen molar-refractivity contribution in [1.29, 1.82) is 0 Å². The summed E-state index contributed by atoms with van der Waals surface area (Å²) >= 11 is 0. The zero-order chi connectivity index (χ0) is 13.3. The van der Waals surface area contributed by atoms with E-state index in [0.717, 1.165) is 6.07 Å². The summed E-state index contributed by atoms with van der Waals surface area (Å²) < 4.78 is 25.7. The summed E-state index contributed by atoms with van der Waals surface area (Å²) in [5, 5.41) is 10.6. The zero-order valence-electron chi connectivity index (χ0n) is 9.93. The SMILES string of the molecule is Cl.N[C@H]1CCN(S(=O)(=O)c2cccc([N+](=O)[O-])c2)C1. The molecule has 0 bridgehead atoms. The molecule has 2 rings (SSSR count). The molecule has 9 heteroatoms. The lowest BCUT2D eigenvalue weighted by molar-refractivity contribution is -0.385. The summed E-state index contributed by atoms with van der Waals surface area (Å²) in [6, 6.07) is 4.87. The number of nitro groups is 1. The van der Waals surface area contributed by atoms with Crippen LogP contribution in [0.3, 0.4) is 0 Å². The molecular weight excluding hydrogens is 294 g/mol. The van der Waals surface area contributed by atoms with Gasteiger partial charge in [-0.05, 0) is 12.5 Å². The largest absolute Gasteiger partial charge is 0.326 e. The Morgan fingerprint density at radius 2 is 2.11 bits per heavy atom. The monoisotopic (exact) mass is 307 g/mol. The van der Waals surface area contributed by atoms with Crippen molar-refractivity contribution >= 4 is 28.1 Å². The number of sulfonamides is 1. The molecule has 0 aliphatic carbocycles. The van der Waals surface area contributed by atoms with E-state index in [9.17, 15) is 18.5 Å². The van der Waals surface area contributed by atoms with Gasteiger partial charge in [0, 0.05) is 31.3 Å². The number of halogens is 1. The Labute approximate surface area is 117 Å². The van der Waals surface area contributed by atoms with Gasteiger partial charge in [0.05, 0.1) is 9.82 Å². The van der Waals surface area contributed by atoms with Crippen molar-refractivity contribution in [2.24, 2.45) is 5.73 Å². The number of non-ortho nitro benzene ring substituents is 1. The molecule has 106 valence electrons. The van der Waals surface area contributed by atoms with Crippen LogP contribution >= 0.6 is 12.4 Å². The highest BCUT2D eigenvalue weighted by Crippen LogP contribution is 2.23. The molecule has 0 unspecified atom stereocenters. The molecule has 1 aliphatic rings. The fourth-order valence-electron chi connectivity index (χ4n) is 1.88. The molecule has 1 fully saturated rings. The lowest BCUT2D eigenvalue weighted by Crippen LogP contribution is -2.31. The van der Waals surface area contributed by atoms with Crippen LogP contribution in [-0.2, 0) is 10.0 Å². The molecule has 1 atom stereocenters. The molecule has 1 aliphatic heterocycles. The third-order valence-electron chi connectivity index (χ3n) is 2.85. The van der Waals surface area contributed by atoms with E-state index >= 15 is 0 Å². The van der Waals surface area contributed by atoms with Crippen LogP contribution in [0.2, 0.25) is 0 Å². The minimum Gasteiger partial charge on any atom is -0.326 e. The molecule has 19 heavy (non-hydrogen) atoms. The average Bonchev–Trinajstić information content (AvgIpc) is 2.77. The van der Waals surface area contributed by atoms with Crippen molar-refractivity contribution in [3.05, 3.63) is 34.4 Å². The van der Waals surface area contributed by atoms with Gasteiger partial charge in [-0.25, -0.2) is 8.42 Å². The summed E-state index contributed by atoms with van der Waals surface area (Å²) in [6.07, 6.45) is 0.605. The number of nitro benzene ring substituents is 1. The van der Waals surface area contributed by atoms with Crippen LogP contribution < -0.4 is 5.73 Å². The van der Waals surface area contributed by atoms with Crippen molar-refractivity contribution in [3.8, 4) is 0 Å². The van der Waals surface area contributed by atoms with E-state index in [1.807, 2.05) is 0 Å². The Hall–Kier alpha value is -1.22. The highest BCUT2D eigenvalue weighted by molar-refractivity contribution is 7.89. The molecule has 1 heterocycles. The van der Waals surface area contributed by atoms with Crippen molar-refractivity contribution in [2.45, 2.75) is 17.4 Å². The predicted octanol–water partition coefficient (Wildman–Crippen LogP) is 0.738. The van der Waals surface area contributed by atoms with Crippen LogP contribution in [0, 0.1) is 10.1 Å². The second-order valence-corrected chi connectivity index (χ2v) is 6.10. The standard InChI is InChI=1S/C10H13N3O4S.ClH/c11-8-4-5-12(7-8)18(16,17)10-3-1-2-9(6-10)13(14)15;/h1-3,6,8H,4-5,7,11H2;1H/t8-;/m0./s1. The van der Waals surface area contributed by atoms with Gasteiger partial charge in [0.2, 0.25) is 10.0 Å². The molecule has 1 aromatic carbocycles. The van der Waals surface area contributed by atoms with Crippen molar-refractivity contribution in [3.63, 3.8) is 0 Å². The summed E-state index contributed by atoms with van der Waals surface area (Å²) in [4.78, 5) is 9.95. The number of hydrogen-bond donors (Lipinski definition) is 1. The molecule has 0 spiro atoms. The molecule has 0 saturated carbocycles. The van der Waals surface area contributed by atoms with Crippen LogP contribution in [0.25, 0.3) is 0 Å². The molecule has 1 aromatic rings. The summed E-state index contributed by atoms with van der Waals surface area (Å²) in [6.45, 7) is 0.608. The number of hydrogen-bond acceptors (Lipinski definition) is 5. The van der Waals surface area contributed by atoms with Gasteiger partial charge in [-0.1, -0.05) is 6.07 Å². The fourth-order valence-corrected chi connectivity index (χ4v) is 3.43. The quantitative estimate of drug-likeness (QED) is 0.654. The van der Waals surface area contributed by atoms with E-state index in [2.05, 4.69) is 0 Å². The Bertz CT molecular complexity index is 578. The maximum Gasteiger partial charge on any atom is 0.270 e. The van der Waals surface area contributed by atoms with Crippen LogP contribution in [0.5, 0.6) is 0 Å². The highest BCUT2D eigenvalue weighted by atomic mass is 35.5. The van der Waals surface area contributed by atoms with E-state index < -0.39 is 14.9 Å². The van der Waals surface area contributed by atoms with E-state index in [-0.39, 0.29) is 35.6 Å². The molecule has 2 N–H and O–H groups in total. The number of nitrogens with two attached hydrogens (primary N) is 1. The second kappa shape index (κ2) is 5.83. The van der Waals surface area contributed by atoms with Gasteiger partial charge in [0.25, 0.3) is 5.69 Å². The Kier molecular flexibility index (Phi) is 4.86. The minimum absolute atomic E-state index is 0. The van der Waals surface area contributed by atoms with Gasteiger partial charge in [-0.15, -0.1) is 12.4 Å². The van der Waals surface area contributed by atoms with E-state index in [4.69, 9.17) is 5.73 Å². The van der Waals surface area contributed by atoms with Gasteiger partial charge < -0.3 is 5.73 Å². The van der Waals surface area contributed by atoms with Crippen LogP contribution in [0.4, 0.5) is 5.69 Å². The predicted molar refractivity (Wildman–Crippen MR) is 71.7 cm³/mol. The molecule has 7 nitrogen and oxygen atoms in total. The highest BCUT2D eigenvalue weighted by Gasteiger charge is 2.31. The third-order valence-corrected chi connectivity index (χ3v) is 4.71. The van der Waals surface area contributed by atoms with E-state index in [1.165, 1.54) is 22.5 Å². The molecule has 0 aromatic heterocycles. The fraction of sp³-hybridized carbons (Fsp3) is 0.400.